The fourth-order valence-corrected chi connectivity index (χ4v) is 6.81. The summed E-state index contributed by atoms with van der Waals surface area (Å²) < 4.78 is 6.24. The lowest BCUT2D eigenvalue weighted by Gasteiger charge is -2.28. The molecule has 9 rings (SSSR count). The summed E-state index contributed by atoms with van der Waals surface area (Å²) in [5.41, 5.74) is 7.79. The summed E-state index contributed by atoms with van der Waals surface area (Å²) in [6.45, 7) is 0.698. The van der Waals surface area contributed by atoms with Crippen LogP contribution < -0.4 is 10.2 Å². The molecule has 0 spiro atoms. The predicted molar refractivity (Wildman–Crippen MR) is 185 cm³/mol. The number of furan rings is 1. The van der Waals surface area contributed by atoms with E-state index in [-0.39, 0.29) is 0 Å². The molecule has 8 aromatic rings. The van der Waals surface area contributed by atoms with Gasteiger partial charge in [-0.05, 0) is 86.7 Å². The highest BCUT2D eigenvalue weighted by atomic mass is 16.3. The van der Waals surface area contributed by atoms with Crippen molar-refractivity contribution in [3.63, 3.8) is 0 Å². The molecular weight excluding hydrogens is 536 g/mol. The van der Waals surface area contributed by atoms with Crippen molar-refractivity contribution in [3.05, 3.63) is 157 Å². The van der Waals surface area contributed by atoms with Crippen molar-refractivity contribution in [3.8, 4) is 11.1 Å². The second-order valence-corrected chi connectivity index (χ2v) is 11.4. The Balaban J connectivity index is 1.32. The highest BCUT2D eigenvalue weighted by Gasteiger charge is 2.21. The van der Waals surface area contributed by atoms with E-state index in [0.29, 0.717) is 6.54 Å². The molecule has 0 bridgehead atoms. The van der Waals surface area contributed by atoms with E-state index in [0.717, 1.165) is 39.4 Å². The number of hydrogen-bond donors (Lipinski definition) is 1. The minimum Gasteiger partial charge on any atom is -0.459 e. The normalized spacial score (nSPS) is 12.5. The Hall–Kier alpha value is -5.80. The van der Waals surface area contributed by atoms with Crippen LogP contribution in [-0.2, 0) is 6.54 Å². The van der Waals surface area contributed by atoms with Gasteiger partial charge < -0.3 is 14.6 Å². The van der Waals surface area contributed by atoms with Gasteiger partial charge in [-0.2, -0.15) is 0 Å². The fraction of sp³-hybridized carbons (Fsp3) is 0.0244. The Bertz CT molecular complexity index is 2380. The molecule has 7 aromatic carbocycles. The van der Waals surface area contributed by atoms with Gasteiger partial charge in [0.2, 0.25) is 0 Å². The first-order valence-electron chi connectivity index (χ1n) is 15.1. The Labute approximate surface area is 255 Å². The summed E-state index contributed by atoms with van der Waals surface area (Å²) in [5, 5.41) is 11.9. The number of hydrogen-bond acceptors (Lipinski definition) is 3. The van der Waals surface area contributed by atoms with Crippen LogP contribution in [0.4, 0.5) is 17.1 Å². The fourth-order valence-electron chi connectivity index (χ4n) is 6.81. The van der Waals surface area contributed by atoms with Gasteiger partial charge in [-0.3, -0.25) is 0 Å². The van der Waals surface area contributed by atoms with Crippen molar-refractivity contribution >= 4 is 66.4 Å². The van der Waals surface area contributed by atoms with E-state index in [1.54, 1.807) is 0 Å². The van der Waals surface area contributed by atoms with Crippen LogP contribution in [0, 0.1) is 0 Å². The van der Waals surface area contributed by atoms with E-state index < -0.39 is 0 Å². The third kappa shape index (κ3) is 3.90. The number of nitrogens with zero attached hydrogens (tertiary/aromatic N) is 1. The second-order valence-electron chi connectivity index (χ2n) is 11.4. The van der Waals surface area contributed by atoms with E-state index in [9.17, 15) is 0 Å². The Morgan fingerprint density at radius 1 is 0.545 bits per heavy atom. The lowest BCUT2D eigenvalue weighted by Crippen LogP contribution is -2.11. The molecule has 3 nitrogen and oxygen atoms in total. The zero-order valence-corrected chi connectivity index (χ0v) is 24.0. The zero-order valence-electron chi connectivity index (χ0n) is 24.0. The smallest absolute Gasteiger partial charge is 0.135 e. The molecule has 1 aromatic heterocycles. The van der Waals surface area contributed by atoms with Crippen molar-refractivity contribution in [2.24, 2.45) is 0 Å². The summed E-state index contributed by atoms with van der Waals surface area (Å²) in [6.07, 6.45) is 4.12. The van der Waals surface area contributed by atoms with Crippen LogP contribution >= 0.6 is 0 Å². The van der Waals surface area contributed by atoms with E-state index in [1.165, 1.54) is 43.4 Å². The Morgan fingerprint density at radius 3 is 2.11 bits per heavy atom. The van der Waals surface area contributed by atoms with Gasteiger partial charge in [-0.15, -0.1) is 0 Å². The zero-order chi connectivity index (χ0) is 29.0. The van der Waals surface area contributed by atoms with Crippen molar-refractivity contribution < 1.29 is 4.42 Å². The number of rotatable bonds is 4. The summed E-state index contributed by atoms with van der Waals surface area (Å²) >= 11 is 0. The summed E-state index contributed by atoms with van der Waals surface area (Å²) in [5.74, 6) is 0.974. The molecule has 0 unspecified atom stereocenters. The predicted octanol–water partition coefficient (Wildman–Crippen LogP) is 11.1. The number of anilines is 3. The number of nitrogens with one attached hydrogen (secondary N) is 1. The number of benzene rings is 7. The van der Waals surface area contributed by atoms with Crippen LogP contribution in [0.15, 0.2) is 150 Å². The van der Waals surface area contributed by atoms with Crippen molar-refractivity contribution in [1.82, 2.24) is 5.32 Å². The number of fused-ring (bicyclic) bond motifs is 8. The molecule has 0 fully saturated rings. The lowest BCUT2D eigenvalue weighted by atomic mass is 9.94. The largest absolute Gasteiger partial charge is 0.459 e. The summed E-state index contributed by atoms with van der Waals surface area (Å²) in [7, 11) is 0. The molecular formula is C41H28N2O. The first-order valence-corrected chi connectivity index (χ1v) is 15.1. The topological polar surface area (TPSA) is 28.4 Å². The van der Waals surface area contributed by atoms with E-state index in [2.05, 4.69) is 156 Å². The molecule has 0 amide bonds. The maximum atomic E-state index is 6.24. The maximum Gasteiger partial charge on any atom is 0.135 e. The molecule has 1 N–H and O–H groups in total. The molecule has 0 radical (unpaired) electrons. The second kappa shape index (κ2) is 9.89. The van der Waals surface area contributed by atoms with Gasteiger partial charge >= 0.3 is 0 Å². The van der Waals surface area contributed by atoms with Crippen molar-refractivity contribution in [1.29, 1.82) is 0 Å². The Morgan fingerprint density at radius 2 is 1.25 bits per heavy atom. The van der Waals surface area contributed by atoms with Crippen molar-refractivity contribution in [2.45, 2.75) is 6.54 Å². The maximum absolute atomic E-state index is 6.24. The molecule has 3 heteroatoms. The van der Waals surface area contributed by atoms with Crippen molar-refractivity contribution in [2.75, 3.05) is 4.90 Å². The van der Waals surface area contributed by atoms with Gasteiger partial charge in [0.15, 0.2) is 0 Å². The summed E-state index contributed by atoms with van der Waals surface area (Å²) in [4.78, 5) is 2.40. The van der Waals surface area contributed by atoms with Gasteiger partial charge in [-0.25, -0.2) is 0 Å². The molecule has 1 aliphatic rings. The molecule has 1 aliphatic heterocycles. The highest BCUT2D eigenvalue weighted by Crippen LogP contribution is 2.45. The van der Waals surface area contributed by atoms with Crippen LogP contribution in [-0.4, -0.2) is 0 Å². The van der Waals surface area contributed by atoms with E-state index >= 15 is 0 Å². The third-order valence-electron chi connectivity index (χ3n) is 8.87. The van der Waals surface area contributed by atoms with Crippen LogP contribution in [0.1, 0.15) is 11.3 Å². The molecule has 0 saturated carbocycles. The van der Waals surface area contributed by atoms with E-state index in [4.69, 9.17) is 4.42 Å². The van der Waals surface area contributed by atoms with Gasteiger partial charge in [0.05, 0.1) is 12.2 Å². The SMILES string of the molecule is C1=Cc2c(oc3ccc(N(c4ccc(-c5ccccc5)cc4)c4cc5ccc6ccccc6c5c5ccccc45)cc23)CN1. The average Bonchev–Trinajstić information content (AvgIpc) is 3.47. The molecule has 2 heterocycles. The first-order chi connectivity index (χ1) is 21.8. The first kappa shape index (κ1) is 24.8. The monoisotopic (exact) mass is 564 g/mol. The van der Waals surface area contributed by atoms with Crippen LogP contribution in [0.3, 0.4) is 0 Å². The van der Waals surface area contributed by atoms with Gasteiger partial charge in [0, 0.05) is 27.7 Å². The van der Waals surface area contributed by atoms with Crippen LogP contribution in [0.2, 0.25) is 0 Å². The molecule has 0 aliphatic carbocycles. The molecule has 44 heavy (non-hydrogen) atoms. The molecule has 0 atom stereocenters. The van der Waals surface area contributed by atoms with Crippen LogP contribution in [0.5, 0.6) is 0 Å². The third-order valence-corrected chi connectivity index (χ3v) is 8.87. The lowest BCUT2D eigenvalue weighted by molar-refractivity contribution is 0.532. The van der Waals surface area contributed by atoms with Crippen LogP contribution in [0.25, 0.3) is 60.5 Å². The van der Waals surface area contributed by atoms with Gasteiger partial charge in [-0.1, -0.05) is 103 Å². The average molecular weight is 565 g/mol. The highest BCUT2D eigenvalue weighted by molar-refractivity contribution is 6.23. The summed E-state index contributed by atoms with van der Waals surface area (Å²) in [6, 6.07) is 50.4. The minimum atomic E-state index is 0.698. The van der Waals surface area contributed by atoms with Gasteiger partial charge in [0.25, 0.3) is 0 Å². The Kier molecular flexibility index (Phi) is 5.57. The quantitative estimate of drug-likeness (QED) is 0.216. The molecule has 0 saturated heterocycles. The standard InChI is InChI=1S/C41H28N2O/c1-2-8-27(9-3-1)28-16-18-31(19-17-28)43(32-20-21-39-37(25-32)35-22-23-42-26-40(35)44-39)38-24-30-15-14-29-10-4-5-11-33(29)41(30)36-13-7-6-12-34(36)38/h1-25,42H,26H2. The van der Waals surface area contributed by atoms with E-state index in [1.807, 2.05) is 6.20 Å². The van der Waals surface area contributed by atoms with Gasteiger partial charge in [0.1, 0.15) is 11.3 Å². The minimum absolute atomic E-state index is 0.698. The molecule has 208 valence electrons.